The summed E-state index contributed by atoms with van der Waals surface area (Å²) in [5, 5.41) is 7.96. The zero-order valence-electron chi connectivity index (χ0n) is 18.2. The fourth-order valence-electron chi connectivity index (χ4n) is 3.67. The third-order valence-electron chi connectivity index (χ3n) is 5.49. The summed E-state index contributed by atoms with van der Waals surface area (Å²) in [4.78, 5) is 13.0. The molecule has 164 valence electrons. The zero-order valence-corrected chi connectivity index (χ0v) is 19.0. The SMILES string of the molecule is CCNC(=NCC1CCN(Cc2ccccc2F)CC1)NCCc1ncc(CC)s1. The number of aromatic nitrogens is 1. The van der Waals surface area contributed by atoms with Gasteiger partial charge in [-0.2, -0.15) is 0 Å². The number of thiazole rings is 1. The van der Waals surface area contributed by atoms with Gasteiger partial charge < -0.3 is 10.6 Å². The van der Waals surface area contributed by atoms with Gasteiger partial charge in [-0.3, -0.25) is 9.89 Å². The van der Waals surface area contributed by atoms with Crippen molar-refractivity contribution in [1.29, 1.82) is 0 Å². The first-order chi connectivity index (χ1) is 14.7. The maximum atomic E-state index is 13.9. The predicted octanol–water partition coefficient (Wildman–Crippen LogP) is 3.85. The lowest BCUT2D eigenvalue weighted by Crippen LogP contribution is -2.39. The van der Waals surface area contributed by atoms with Crippen LogP contribution in [0, 0.1) is 11.7 Å². The highest BCUT2D eigenvalue weighted by molar-refractivity contribution is 7.11. The first-order valence-electron chi connectivity index (χ1n) is 11.1. The van der Waals surface area contributed by atoms with Crippen molar-refractivity contribution in [3.63, 3.8) is 0 Å². The molecule has 3 rings (SSSR count). The van der Waals surface area contributed by atoms with Crippen LogP contribution >= 0.6 is 11.3 Å². The summed E-state index contributed by atoms with van der Waals surface area (Å²) >= 11 is 1.80. The van der Waals surface area contributed by atoms with Gasteiger partial charge in [-0.25, -0.2) is 9.37 Å². The Morgan fingerprint density at radius 1 is 1.23 bits per heavy atom. The average molecular weight is 432 g/mol. The van der Waals surface area contributed by atoms with E-state index in [1.807, 2.05) is 18.3 Å². The van der Waals surface area contributed by atoms with E-state index in [4.69, 9.17) is 4.99 Å². The maximum absolute atomic E-state index is 13.9. The Kier molecular flexibility index (Phi) is 9.08. The monoisotopic (exact) mass is 431 g/mol. The number of halogens is 1. The Labute approximate surface area is 183 Å². The van der Waals surface area contributed by atoms with Crippen LogP contribution in [0.4, 0.5) is 4.39 Å². The molecule has 1 aromatic heterocycles. The second-order valence-corrected chi connectivity index (χ2v) is 8.98. The van der Waals surface area contributed by atoms with Crippen molar-refractivity contribution in [3.05, 3.63) is 51.7 Å². The normalized spacial score (nSPS) is 16.0. The van der Waals surface area contributed by atoms with E-state index in [1.54, 1.807) is 23.5 Å². The van der Waals surface area contributed by atoms with Crippen molar-refractivity contribution >= 4 is 17.3 Å². The van der Waals surface area contributed by atoms with Crippen molar-refractivity contribution < 1.29 is 4.39 Å². The Hall–Kier alpha value is -1.99. The third kappa shape index (κ3) is 7.06. The summed E-state index contributed by atoms with van der Waals surface area (Å²) in [6, 6.07) is 7.09. The number of hydrogen-bond donors (Lipinski definition) is 2. The lowest BCUT2D eigenvalue weighted by molar-refractivity contribution is 0.179. The summed E-state index contributed by atoms with van der Waals surface area (Å²) in [6.45, 7) is 9.48. The molecule has 1 fully saturated rings. The smallest absolute Gasteiger partial charge is 0.191 e. The molecule has 1 aliphatic heterocycles. The number of piperidine rings is 1. The minimum absolute atomic E-state index is 0.103. The highest BCUT2D eigenvalue weighted by atomic mass is 32.1. The molecule has 30 heavy (non-hydrogen) atoms. The van der Waals surface area contributed by atoms with Gasteiger partial charge in [-0.05, 0) is 51.3 Å². The molecule has 0 atom stereocenters. The molecule has 2 N–H and O–H groups in total. The summed E-state index contributed by atoms with van der Waals surface area (Å²) < 4.78 is 13.9. The fourth-order valence-corrected chi connectivity index (χ4v) is 4.53. The van der Waals surface area contributed by atoms with Gasteiger partial charge in [0.2, 0.25) is 0 Å². The second-order valence-electron chi connectivity index (χ2n) is 7.78. The highest BCUT2D eigenvalue weighted by Crippen LogP contribution is 2.20. The summed E-state index contributed by atoms with van der Waals surface area (Å²) in [5.41, 5.74) is 0.791. The van der Waals surface area contributed by atoms with Crippen molar-refractivity contribution in [3.8, 4) is 0 Å². The molecule has 1 saturated heterocycles. The lowest BCUT2D eigenvalue weighted by Gasteiger charge is -2.31. The van der Waals surface area contributed by atoms with E-state index in [0.717, 1.165) is 69.9 Å². The molecule has 0 amide bonds. The van der Waals surface area contributed by atoms with Crippen LogP contribution in [0.25, 0.3) is 0 Å². The molecule has 5 nitrogen and oxygen atoms in total. The first kappa shape index (κ1) is 22.7. The van der Waals surface area contributed by atoms with Crippen molar-refractivity contribution in [2.45, 2.75) is 46.1 Å². The van der Waals surface area contributed by atoms with Gasteiger partial charge in [-0.1, -0.05) is 25.1 Å². The molecular formula is C23H34FN5S. The second kappa shape index (κ2) is 12.0. The fraction of sp³-hybridized carbons (Fsp3) is 0.565. The van der Waals surface area contributed by atoms with E-state index in [-0.39, 0.29) is 5.82 Å². The molecule has 0 radical (unpaired) electrons. The third-order valence-corrected chi connectivity index (χ3v) is 6.69. The topological polar surface area (TPSA) is 52.6 Å². The molecular weight excluding hydrogens is 397 g/mol. The first-order valence-corrected chi connectivity index (χ1v) is 11.9. The van der Waals surface area contributed by atoms with Crippen LogP contribution in [0.1, 0.15) is 42.1 Å². The minimum Gasteiger partial charge on any atom is -0.357 e. The van der Waals surface area contributed by atoms with Crippen LogP contribution < -0.4 is 10.6 Å². The van der Waals surface area contributed by atoms with Crippen LogP contribution in [0.15, 0.2) is 35.5 Å². The van der Waals surface area contributed by atoms with Crippen molar-refractivity contribution in [2.75, 3.05) is 32.7 Å². The molecule has 2 heterocycles. The highest BCUT2D eigenvalue weighted by Gasteiger charge is 2.20. The number of nitrogens with zero attached hydrogens (tertiary/aromatic N) is 3. The minimum atomic E-state index is -0.103. The van der Waals surface area contributed by atoms with Crippen molar-refractivity contribution in [2.24, 2.45) is 10.9 Å². The van der Waals surface area contributed by atoms with E-state index in [2.05, 4.69) is 34.4 Å². The number of hydrogen-bond acceptors (Lipinski definition) is 4. The van der Waals surface area contributed by atoms with Crippen LogP contribution in [-0.2, 0) is 19.4 Å². The Morgan fingerprint density at radius 3 is 2.73 bits per heavy atom. The molecule has 7 heteroatoms. The number of aryl methyl sites for hydroxylation is 1. The van der Waals surface area contributed by atoms with E-state index < -0.39 is 0 Å². The quantitative estimate of drug-likeness (QED) is 0.468. The standard InChI is InChI=1S/C23H34FN5S/c1-3-20-16-27-22(30-20)9-12-26-23(25-4-2)28-15-18-10-13-29(14-11-18)17-19-7-5-6-8-21(19)24/h5-8,16,18H,3-4,9-15,17H2,1-2H3,(H2,25,26,28). The number of rotatable bonds is 9. The molecule has 2 aromatic rings. The maximum Gasteiger partial charge on any atom is 0.191 e. The molecule has 0 spiro atoms. The molecule has 0 saturated carbocycles. The van der Waals surface area contributed by atoms with Gasteiger partial charge in [0.25, 0.3) is 0 Å². The van der Waals surface area contributed by atoms with Gasteiger partial charge in [0.05, 0.1) is 5.01 Å². The number of guanidine groups is 1. The Bertz CT molecular complexity index is 798. The Balaban J connectivity index is 1.41. The largest absolute Gasteiger partial charge is 0.357 e. The van der Waals surface area contributed by atoms with E-state index in [1.165, 1.54) is 9.88 Å². The van der Waals surface area contributed by atoms with Gasteiger partial charge >= 0.3 is 0 Å². The van der Waals surface area contributed by atoms with E-state index in [9.17, 15) is 4.39 Å². The number of aliphatic imine (C=N–C) groups is 1. The van der Waals surface area contributed by atoms with Crippen LogP contribution in [-0.4, -0.2) is 48.6 Å². The molecule has 1 aliphatic rings. The Morgan fingerprint density at radius 2 is 2.03 bits per heavy atom. The van der Waals surface area contributed by atoms with Gasteiger partial charge in [0.15, 0.2) is 5.96 Å². The van der Waals surface area contributed by atoms with E-state index >= 15 is 0 Å². The summed E-state index contributed by atoms with van der Waals surface area (Å²) in [7, 11) is 0. The molecule has 1 aromatic carbocycles. The van der Waals surface area contributed by atoms with Gasteiger partial charge in [0.1, 0.15) is 5.82 Å². The molecule has 0 bridgehead atoms. The average Bonchev–Trinajstić information content (AvgIpc) is 3.23. The van der Waals surface area contributed by atoms with Crippen LogP contribution in [0.5, 0.6) is 0 Å². The van der Waals surface area contributed by atoms with Crippen LogP contribution in [0.2, 0.25) is 0 Å². The van der Waals surface area contributed by atoms with Gasteiger partial charge in [0, 0.05) is 49.2 Å². The van der Waals surface area contributed by atoms with Crippen LogP contribution in [0.3, 0.4) is 0 Å². The number of benzene rings is 1. The van der Waals surface area contributed by atoms with Gasteiger partial charge in [-0.15, -0.1) is 11.3 Å². The lowest BCUT2D eigenvalue weighted by atomic mass is 9.96. The molecule has 0 aliphatic carbocycles. The summed E-state index contributed by atoms with van der Waals surface area (Å²) in [5.74, 6) is 1.37. The van der Waals surface area contributed by atoms with E-state index in [0.29, 0.717) is 12.5 Å². The number of nitrogens with one attached hydrogen (secondary N) is 2. The number of likely N-dealkylation sites (tertiary alicyclic amines) is 1. The summed E-state index contributed by atoms with van der Waals surface area (Å²) in [6.07, 6.45) is 6.17. The predicted molar refractivity (Wildman–Crippen MR) is 124 cm³/mol. The molecule has 0 unspecified atom stereocenters. The zero-order chi connectivity index (χ0) is 21.2. The van der Waals surface area contributed by atoms with Crippen molar-refractivity contribution in [1.82, 2.24) is 20.5 Å².